The Morgan fingerprint density at radius 1 is 0.960 bits per heavy atom. The number of fused-ring (bicyclic) bond motifs is 1. The summed E-state index contributed by atoms with van der Waals surface area (Å²) in [5, 5.41) is 0. The van der Waals surface area contributed by atoms with E-state index >= 15 is 0 Å². The summed E-state index contributed by atoms with van der Waals surface area (Å²) in [6.45, 7) is 11.9. The Kier molecular flexibility index (Phi) is 4.11. The zero-order chi connectivity index (χ0) is 18.6. The first-order valence-electron chi connectivity index (χ1n) is 8.43. The molecule has 0 atom stereocenters. The minimum absolute atomic E-state index is 0.265. The smallest absolute Gasteiger partial charge is 0.261 e. The second-order valence-electron chi connectivity index (χ2n) is 7.51. The van der Waals surface area contributed by atoms with Crippen LogP contribution in [0.25, 0.3) is 0 Å². The minimum atomic E-state index is -3.63. The van der Waals surface area contributed by atoms with Crippen molar-refractivity contribution < 1.29 is 13.2 Å². The molecule has 1 heterocycles. The maximum Gasteiger partial charge on any atom is 0.261 e. The molecule has 5 heteroatoms. The van der Waals surface area contributed by atoms with Crippen molar-refractivity contribution in [3.63, 3.8) is 0 Å². The Morgan fingerprint density at radius 3 is 2.16 bits per heavy atom. The monoisotopic (exact) mass is 359 g/mol. The zero-order valence-electron chi connectivity index (χ0n) is 15.6. The Bertz CT molecular complexity index is 942. The lowest BCUT2D eigenvalue weighted by Gasteiger charge is -2.19. The highest BCUT2D eigenvalue weighted by atomic mass is 32.2. The summed E-state index contributed by atoms with van der Waals surface area (Å²) >= 11 is 0. The predicted molar refractivity (Wildman–Crippen MR) is 101 cm³/mol. The summed E-state index contributed by atoms with van der Waals surface area (Å²) < 4.78 is 34.5. The van der Waals surface area contributed by atoms with Gasteiger partial charge in [0.05, 0.1) is 10.6 Å². The number of hydrogen-bond acceptors (Lipinski definition) is 3. The highest BCUT2D eigenvalue weighted by molar-refractivity contribution is 7.92. The molecule has 0 aliphatic carbocycles. The molecule has 1 aliphatic rings. The van der Waals surface area contributed by atoms with E-state index < -0.39 is 10.0 Å². The molecule has 25 heavy (non-hydrogen) atoms. The van der Waals surface area contributed by atoms with Gasteiger partial charge in [-0.2, -0.15) is 0 Å². The molecule has 0 saturated carbocycles. The van der Waals surface area contributed by atoms with Gasteiger partial charge in [0, 0.05) is 12.0 Å². The molecule has 1 aliphatic heterocycles. The third kappa shape index (κ3) is 3.13. The fourth-order valence-corrected chi connectivity index (χ4v) is 4.53. The normalized spacial score (nSPS) is 15.6. The molecule has 134 valence electrons. The number of benzene rings is 2. The molecule has 0 amide bonds. The van der Waals surface area contributed by atoms with E-state index in [4.69, 9.17) is 4.74 Å². The first kappa shape index (κ1) is 17.8. The fraction of sp³-hybridized carbons (Fsp3) is 0.400. The molecular formula is C20H25NO3S. The van der Waals surface area contributed by atoms with Crippen LogP contribution in [0.3, 0.4) is 0 Å². The van der Waals surface area contributed by atoms with Gasteiger partial charge >= 0.3 is 0 Å². The van der Waals surface area contributed by atoms with Crippen LogP contribution in [0.15, 0.2) is 29.2 Å². The van der Waals surface area contributed by atoms with Crippen LogP contribution in [0.2, 0.25) is 0 Å². The van der Waals surface area contributed by atoms with Gasteiger partial charge < -0.3 is 4.74 Å². The van der Waals surface area contributed by atoms with Gasteiger partial charge in [0.25, 0.3) is 10.0 Å². The van der Waals surface area contributed by atoms with Crippen LogP contribution in [-0.4, -0.2) is 14.0 Å². The number of ether oxygens (including phenoxy) is 1. The first-order valence-corrected chi connectivity index (χ1v) is 9.91. The predicted octanol–water partition coefficient (Wildman–Crippen LogP) is 4.43. The number of nitrogens with one attached hydrogen (secondary N) is 1. The number of hydrogen-bond donors (Lipinski definition) is 1. The molecule has 0 aromatic heterocycles. The van der Waals surface area contributed by atoms with E-state index in [0.29, 0.717) is 5.69 Å². The van der Waals surface area contributed by atoms with E-state index in [1.165, 1.54) is 0 Å². The first-order chi connectivity index (χ1) is 11.5. The average molecular weight is 359 g/mol. The van der Waals surface area contributed by atoms with Crippen molar-refractivity contribution in [3.8, 4) is 5.75 Å². The number of aryl methyl sites for hydroxylation is 1. The van der Waals surface area contributed by atoms with Crippen molar-refractivity contribution in [1.82, 2.24) is 0 Å². The maximum atomic E-state index is 12.8. The lowest BCUT2D eigenvalue weighted by atomic mass is 9.93. The summed E-state index contributed by atoms with van der Waals surface area (Å²) in [4.78, 5) is 0.270. The minimum Gasteiger partial charge on any atom is -0.487 e. The molecule has 0 saturated heterocycles. The van der Waals surface area contributed by atoms with Gasteiger partial charge in [0.15, 0.2) is 0 Å². The highest BCUT2D eigenvalue weighted by Crippen LogP contribution is 2.44. The third-order valence-electron chi connectivity index (χ3n) is 4.93. The second kappa shape index (κ2) is 5.77. The Morgan fingerprint density at radius 2 is 1.56 bits per heavy atom. The summed E-state index contributed by atoms with van der Waals surface area (Å²) in [6, 6.07) is 6.88. The van der Waals surface area contributed by atoms with Crippen molar-refractivity contribution in [3.05, 3.63) is 52.1 Å². The van der Waals surface area contributed by atoms with E-state index in [1.807, 2.05) is 27.7 Å². The largest absolute Gasteiger partial charge is 0.487 e. The summed E-state index contributed by atoms with van der Waals surface area (Å²) in [7, 11) is -3.63. The van der Waals surface area contributed by atoms with Gasteiger partial charge in [-0.25, -0.2) is 8.42 Å². The second-order valence-corrected chi connectivity index (χ2v) is 9.20. The molecule has 2 aromatic rings. The molecule has 1 N–H and O–H groups in total. The van der Waals surface area contributed by atoms with Crippen LogP contribution < -0.4 is 9.46 Å². The van der Waals surface area contributed by atoms with Crippen molar-refractivity contribution >= 4 is 15.7 Å². The maximum absolute atomic E-state index is 12.8. The van der Waals surface area contributed by atoms with Crippen molar-refractivity contribution in [1.29, 1.82) is 0 Å². The highest BCUT2D eigenvalue weighted by Gasteiger charge is 2.35. The van der Waals surface area contributed by atoms with Gasteiger partial charge in [-0.1, -0.05) is 17.7 Å². The van der Waals surface area contributed by atoms with Gasteiger partial charge in [-0.3, -0.25) is 4.72 Å². The van der Waals surface area contributed by atoms with Crippen LogP contribution in [0.5, 0.6) is 5.75 Å². The molecule has 4 nitrogen and oxygen atoms in total. The van der Waals surface area contributed by atoms with E-state index in [2.05, 4.69) is 18.6 Å². The van der Waals surface area contributed by atoms with Gasteiger partial charge in [-0.15, -0.1) is 0 Å². The fourth-order valence-electron chi connectivity index (χ4n) is 3.34. The molecule has 0 fully saturated rings. The third-order valence-corrected chi connectivity index (χ3v) is 6.29. The van der Waals surface area contributed by atoms with E-state index in [0.717, 1.165) is 40.0 Å². The van der Waals surface area contributed by atoms with E-state index in [1.54, 1.807) is 24.3 Å². The molecule has 0 spiro atoms. The molecular weight excluding hydrogens is 334 g/mol. The summed E-state index contributed by atoms with van der Waals surface area (Å²) in [6.07, 6.45) is 0.772. The SMILES string of the molecule is Cc1ccc(S(=O)(=O)Nc2c(C)c(C)c3c(c2C)CC(C)(C)O3)cc1. The number of anilines is 1. The topological polar surface area (TPSA) is 55.4 Å². The average Bonchev–Trinajstić information content (AvgIpc) is 2.86. The zero-order valence-corrected chi connectivity index (χ0v) is 16.5. The van der Waals surface area contributed by atoms with Crippen LogP contribution in [0.4, 0.5) is 5.69 Å². The molecule has 0 radical (unpaired) electrons. The standard InChI is InChI=1S/C20H25NO3S/c1-12-7-9-16(10-8-12)25(22,23)21-18-13(2)14(3)19-17(15(18)4)11-20(5,6)24-19/h7-10,21H,11H2,1-6H3. The van der Waals surface area contributed by atoms with Crippen molar-refractivity contribution in [2.45, 2.75) is 58.5 Å². The van der Waals surface area contributed by atoms with Gasteiger partial charge in [-0.05, 0) is 70.4 Å². The molecule has 2 aromatic carbocycles. The van der Waals surface area contributed by atoms with E-state index in [9.17, 15) is 8.42 Å². The lowest BCUT2D eigenvalue weighted by molar-refractivity contribution is 0.137. The van der Waals surface area contributed by atoms with Crippen LogP contribution in [-0.2, 0) is 16.4 Å². The van der Waals surface area contributed by atoms with Gasteiger partial charge in [0.1, 0.15) is 11.4 Å². The Hall–Kier alpha value is -2.01. The number of rotatable bonds is 3. The van der Waals surface area contributed by atoms with Crippen molar-refractivity contribution in [2.75, 3.05) is 4.72 Å². The quantitative estimate of drug-likeness (QED) is 0.882. The molecule has 3 rings (SSSR count). The van der Waals surface area contributed by atoms with Crippen molar-refractivity contribution in [2.24, 2.45) is 0 Å². The Balaban J connectivity index is 2.08. The van der Waals surface area contributed by atoms with Gasteiger partial charge in [0.2, 0.25) is 0 Å². The van der Waals surface area contributed by atoms with Crippen LogP contribution in [0.1, 0.15) is 41.7 Å². The summed E-state index contributed by atoms with van der Waals surface area (Å²) in [5.41, 5.74) is 5.36. The van der Waals surface area contributed by atoms with Crippen LogP contribution >= 0.6 is 0 Å². The lowest BCUT2D eigenvalue weighted by Crippen LogP contribution is -2.24. The van der Waals surface area contributed by atoms with E-state index in [-0.39, 0.29) is 10.5 Å². The Labute approximate surface area is 150 Å². The molecule has 0 unspecified atom stereocenters. The molecule has 0 bridgehead atoms. The number of sulfonamides is 1. The summed E-state index contributed by atoms with van der Waals surface area (Å²) in [5.74, 6) is 0.901. The van der Waals surface area contributed by atoms with Crippen LogP contribution in [0, 0.1) is 27.7 Å².